The lowest BCUT2D eigenvalue weighted by Crippen LogP contribution is -2.15. The number of thiazole rings is 1. The van der Waals surface area contributed by atoms with Crippen LogP contribution in [0.4, 0.5) is 10.8 Å². The molecule has 0 radical (unpaired) electrons. The van der Waals surface area contributed by atoms with E-state index in [0.717, 1.165) is 25.9 Å². The molecule has 126 valence electrons. The molecule has 2 aromatic rings. The molecule has 1 unspecified atom stereocenters. The van der Waals surface area contributed by atoms with Gasteiger partial charge in [-0.05, 0) is 19.3 Å². The van der Waals surface area contributed by atoms with Crippen LogP contribution in [0.25, 0.3) is 11.3 Å². The van der Waals surface area contributed by atoms with Crippen LogP contribution >= 0.6 is 11.3 Å². The zero-order valence-corrected chi connectivity index (χ0v) is 13.8. The minimum Gasteiger partial charge on any atom is -0.378 e. The molecule has 8 heteroatoms. The van der Waals surface area contributed by atoms with Crippen molar-refractivity contribution in [3.8, 4) is 11.3 Å². The number of rotatable bonds is 6. The second-order valence-electron chi connectivity index (χ2n) is 5.57. The Morgan fingerprint density at radius 3 is 3.12 bits per heavy atom. The zero-order valence-electron chi connectivity index (χ0n) is 12.9. The van der Waals surface area contributed by atoms with Gasteiger partial charge in [0, 0.05) is 36.1 Å². The SMILES string of the molecule is O=C(CCC1CCCO1)Nc1nc(-c2cccc([N+](=O)[O-])c2)cs1. The fourth-order valence-corrected chi connectivity index (χ4v) is 3.32. The molecule has 1 fully saturated rings. The summed E-state index contributed by atoms with van der Waals surface area (Å²) in [5.74, 6) is -0.0922. The lowest BCUT2D eigenvalue weighted by molar-refractivity contribution is -0.384. The van der Waals surface area contributed by atoms with Crippen molar-refractivity contribution in [2.75, 3.05) is 11.9 Å². The largest absolute Gasteiger partial charge is 0.378 e. The quantitative estimate of drug-likeness (QED) is 0.636. The Morgan fingerprint density at radius 1 is 1.50 bits per heavy atom. The second-order valence-corrected chi connectivity index (χ2v) is 6.43. The van der Waals surface area contributed by atoms with Gasteiger partial charge in [-0.2, -0.15) is 0 Å². The number of ether oxygens (including phenoxy) is 1. The Labute approximate surface area is 142 Å². The van der Waals surface area contributed by atoms with Crippen LogP contribution in [-0.2, 0) is 9.53 Å². The molecule has 0 aliphatic carbocycles. The predicted molar refractivity (Wildman–Crippen MR) is 91.0 cm³/mol. The fraction of sp³-hybridized carbons (Fsp3) is 0.375. The summed E-state index contributed by atoms with van der Waals surface area (Å²) in [5.41, 5.74) is 1.28. The molecule has 1 aromatic heterocycles. The number of carbonyl (C=O) groups excluding carboxylic acids is 1. The fourth-order valence-electron chi connectivity index (χ4n) is 2.59. The summed E-state index contributed by atoms with van der Waals surface area (Å²) in [6.45, 7) is 0.783. The average molecular weight is 347 g/mol. The van der Waals surface area contributed by atoms with Crippen molar-refractivity contribution in [3.63, 3.8) is 0 Å². The molecule has 7 nitrogen and oxygen atoms in total. The van der Waals surface area contributed by atoms with Crippen LogP contribution in [0.5, 0.6) is 0 Å². The molecular weight excluding hydrogens is 330 g/mol. The number of amides is 1. The van der Waals surface area contributed by atoms with Gasteiger partial charge in [-0.1, -0.05) is 12.1 Å². The first-order chi connectivity index (χ1) is 11.6. The van der Waals surface area contributed by atoms with Gasteiger partial charge in [0.25, 0.3) is 5.69 Å². The van der Waals surface area contributed by atoms with E-state index in [4.69, 9.17) is 4.74 Å². The van der Waals surface area contributed by atoms with E-state index in [9.17, 15) is 14.9 Å². The third kappa shape index (κ3) is 4.15. The summed E-state index contributed by atoms with van der Waals surface area (Å²) >= 11 is 1.30. The van der Waals surface area contributed by atoms with Crippen LogP contribution in [0.1, 0.15) is 25.7 Å². The molecule has 1 aromatic carbocycles. The number of benzene rings is 1. The highest BCUT2D eigenvalue weighted by Crippen LogP contribution is 2.27. The molecule has 1 amide bonds. The summed E-state index contributed by atoms with van der Waals surface area (Å²) in [6.07, 6.45) is 3.38. The minimum absolute atomic E-state index is 0.0163. The molecule has 0 spiro atoms. The Bertz CT molecular complexity index is 740. The van der Waals surface area contributed by atoms with E-state index < -0.39 is 4.92 Å². The molecule has 1 aliphatic heterocycles. The molecular formula is C16H17N3O4S. The number of nitro benzene ring substituents is 1. The summed E-state index contributed by atoms with van der Waals surface area (Å²) < 4.78 is 5.50. The van der Waals surface area contributed by atoms with E-state index in [1.54, 1.807) is 17.5 Å². The number of aromatic nitrogens is 1. The molecule has 1 atom stereocenters. The van der Waals surface area contributed by atoms with Crippen molar-refractivity contribution in [1.82, 2.24) is 4.98 Å². The van der Waals surface area contributed by atoms with Crippen molar-refractivity contribution in [1.29, 1.82) is 0 Å². The number of hydrogen-bond acceptors (Lipinski definition) is 6. The van der Waals surface area contributed by atoms with E-state index in [-0.39, 0.29) is 17.7 Å². The Morgan fingerprint density at radius 2 is 2.38 bits per heavy atom. The second kappa shape index (κ2) is 7.50. The molecule has 2 heterocycles. The third-order valence-electron chi connectivity index (χ3n) is 3.82. The number of carbonyl (C=O) groups is 1. The maximum absolute atomic E-state index is 12.0. The van der Waals surface area contributed by atoms with E-state index >= 15 is 0 Å². The highest BCUT2D eigenvalue weighted by atomic mass is 32.1. The van der Waals surface area contributed by atoms with E-state index in [1.807, 2.05) is 0 Å². The van der Waals surface area contributed by atoms with Gasteiger partial charge in [-0.15, -0.1) is 11.3 Å². The Kier molecular flexibility index (Phi) is 5.17. The van der Waals surface area contributed by atoms with Gasteiger partial charge < -0.3 is 10.1 Å². The molecule has 0 bridgehead atoms. The first-order valence-electron chi connectivity index (χ1n) is 7.73. The van der Waals surface area contributed by atoms with E-state index in [1.165, 1.54) is 23.5 Å². The minimum atomic E-state index is -0.441. The van der Waals surface area contributed by atoms with Crippen LogP contribution in [0.3, 0.4) is 0 Å². The molecule has 1 aliphatic rings. The number of nitro groups is 1. The first kappa shape index (κ1) is 16.5. The molecule has 0 saturated carbocycles. The van der Waals surface area contributed by atoms with Crippen LogP contribution in [0, 0.1) is 10.1 Å². The zero-order chi connectivity index (χ0) is 16.9. The van der Waals surface area contributed by atoms with Crippen LogP contribution in [0.2, 0.25) is 0 Å². The Balaban J connectivity index is 1.59. The maximum atomic E-state index is 12.0. The number of nitrogens with zero attached hydrogens (tertiary/aromatic N) is 2. The van der Waals surface area contributed by atoms with E-state index in [0.29, 0.717) is 22.8 Å². The van der Waals surface area contributed by atoms with Crippen molar-refractivity contribution >= 4 is 28.1 Å². The maximum Gasteiger partial charge on any atom is 0.270 e. The van der Waals surface area contributed by atoms with Crippen molar-refractivity contribution < 1.29 is 14.5 Å². The van der Waals surface area contributed by atoms with E-state index in [2.05, 4.69) is 10.3 Å². The lowest BCUT2D eigenvalue weighted by atomic mass is 10.1. The normalized spacial score (nSPS) is 16.9. The highest BCUT2D eigenvalue weighted by Gasteiger charge is 2.17. The third-order valence-corrected chi connectivity index (χ3v) is 4.58. The molecule has 1 saturated heterocycles. The molecule has 1 N–H and O–H groups in total. The Hall–Kier alpha value is -2.32. The van der Waals surface area contributed by atoms with Crippen LogP contribution in [-0.4, -0.2) is 28.5 Å². The number of nitrogens with one attached hydrogen (secondary N) is 1. The number of hydrogen-bond donors (Lipinski definition) is 1. The van der Waals surface area contributed by atoms with Crippen molar-refractivity contribution in [2.45, 2.75) is 31.8 Å². The van der Waals surface area contributed by atoms with Gasteiger partial charge in [0.1, 0.15) is 0 Å². The predicted octanol–water partition coefficient (Wildman–Crippen LogP) is 3.62. The first-order valence-corrected chi connectivity index (χ1v) is 8.61. The van der Waals surface area contributed by atoms with Crippen molar-refractivity contribution in [3.05, 3.63) is 39.8 Å². The average Bonchev–Trinajstić information content (AvgIpc) is 3.25. The lowest BCUT2D eigenvalue weighted by Gasteiger charge is -2.08. The van der Waals surface area contributed by atoms with Gasteiger partial charge in [0.2, 0.25) is 5.91 Å². The van der Waals surface area contributed by atoms with Gasteiger partial charge in [-0.3, -0.25) is 14.9 Å². The molecule has 3 rings (SSSR count). The van der Waals surface area contributed by atoms with Gasteiger partial charge in [0.05, 0.1) is 16.7 Å². The van der Waals surface area contributed by atoms with Crippen molar-refractivity contribution in [2.24, 2.45) is 0 Å². The number of non-ortho nitro benzene ring substituents is 1. The van der Waals surface area contributed by atoms with Gasteiger partial charge >= 0.3 is 0 Å². The van der Waals surface area contributed by atoms with Crippen LogP contribution in [0.15, 0.2) is 29.6 Å². The number of anilines is 1. The summed E-state index contributed by atoms with van der Waals surface area (Å²) in [4.78, 5) is 26.7. The summed E-state index contributed by atoms with van der Waals surface area (Å²) in [6, 6.07) is 6.28. The van der Waals surface area contributed by atoms with Gasteiger partial charge in [0.15, 0.2) is 5.13 Å². The summed E-state index contributed by atoms with van der Waals surface area (Å²) in [5, 5.41) is 15.9. The smallest absolute Gasteiger partial charge is 0.270 e. The van der Waals surface area contributed by atoms with Crippen LogP contribution < -0.4 is 5.32 Å². The monoisotopic (exact) mass is 347 g/mol. The standard InChI is InChI=1S/C16H17N3O4S/c20-15(7-6-13-5-2-8-23-13)18-16-17-14(10-24-16)11-3-1-4-12(9-11)19(21)22/h1,3-4,9-10,13H,2,5-8H2,(H,17,18,20). The highest BCUT2D eigenvalue weighted by molar-refractivity contribution is 7.14. The topological polar surface area (TPSA) is 94.4 Å². The van der Waals surface area contributed by atoms with Gasteiger partial charge in [-0.25, -0.2) is 4.98 Å². The summed E-state index contributed by atoms with van der Waals surface area (Å²) in [7, 11) is 0. The molecule has 24 heavy (non-hydrogen) atoms.